The van der Waals surface area contributed by atoms with E-state index < -0.39 is 0 Å². The number of nitrogens with one attached hydrogen (secondary N) is 1. The SMILES string of the molecule is CCOc1cc(CNCCO)ccc1OCc1ccc(Cl)cc1. The van der Waals surface area contributed by atoms with Crippen molar-refractivity contribution in [3.63, 3.8) is 0 Å². The molecule has 0 aliphatic carbocycles. The average Bonchev–Trinajstić information content (AvgIpc) is 2.56. The Balaban J connectivity index is 2.02. The van der Waals surface area contributed by atoms with E-state index in [0.717, 1.165) is 16.9 Å². The van der Waals surface area contributed by atoms with Crippen LogP contribution in [0.4, 0.5) is 0 Å². The number of ether oxygens (including phenoxy) is 2. The van der Waals surface area contributed by atoms with Crippen molar-refractivity contribution < 1.29 is 14.6 Å². The van der Waals surface area contributed by atoms with Crippen molar-refractivity contribution in [1.29, 1.82) is 0 Å². The summed E-state index contributed by atoms with van der Waals surface area (Å²) in [6.45, 7) is 4.35. The van der Waals surface area contributed by atoms with E-state index in [4.69, 9.17) is 26.2 Å². The maximum atomic E-state index is 8.81. The lowest BCUT2D eigenvalue weighted by Crippen LogP contribution is -2.17. The molecule has 5 heteroatoms. The predicted molar refractivity (Wildman–Crippen MR) is 92.2 cm³/mol. The van der Waals surface area contributed by atoms with Crippen molar-refractivity contribution >= 4 is 11.6 Å². The van der Waals surface area contributed by atoms with Crippen LogP contribution in [0.15, 0.2) is 42.5 Å². The highest BCUT2D eigenvalue weighted by Gasteiger charge is 2.07. The Labute approximate surface area is 142 Å². The molecule has 0 saturated carbocycles. The van der Waals surface area contributed by atoms with Crippen LogP contribution in [0.3, 0.4) is 0 Å². The number of hydrogen-bond acceptors (Lipinski definition) is 4. The Hall–Kier alpha value is -1.75. The van der Waals surface area contributed by atoms with Gasteiger partial charge in [-0.2, -0.15) is 0 Å². The van der Waals surface area contributed by atoms with Crippen LogP contribution in [0.5, 0.6) is 11.5 Å². The highest BCUT2D eigenvalue weighted by molar-refractivity contribution is 6.30. The molecule has 0 fully saturated rings. The molecule has 0 aliphatic rings. The van der Waals surface area contributed by atoms with Crippen LogP contribution in [0.25, 0.3) is 0 Å². The third-order valence-corrected chi connectivity index (χ3v) is 3.49. The van der Waals surface area contributed by atoms with Gasteiger partial charge in [0.25, 0.3) is 0 Å². The first-order chi connectivity index (χ1) is 11.2. The molecule has 23 heavy (non-hydrogen) atoms. The zero-order valence-electron chi connectivity index (χ0n) is 13.2. The lowest BCUT2D eigenvalue weighted by Gasteiger charge is -2.14. The summed E-state index contributed by atoms with van der Waals surface area (Å²) in [7, 11) is 0. The zero-order valence-corrected chi connectivity index (χ0v) is 14.0. The lowest BCUT2D eigenvalue weighted by molar-refractivity contribution is 0.269. The molecule has 0 aliphatic heterocycles. The molecule has 2 aromatic rings. The highest BCUT2D eigenvalue weighted by Crippen LogP contribution is 2.29. The predicted octanol–water partition coefficient (Wildman–Crippen LogP) is 3.40. The molecule has 124 valence electrons. The molecule has 0 bridgehead atoms. The fourth-order valence-electron chi connectivity index (χ4n) is 2.10. The minimum Gasteiger partial charge on any atom is -0.490 e. The summed E-state index contributed by atoms with van der Waals surface area (Å²) < 4.78 is 11.5. The molecule has 2 rings (SSSR count). The average molecular weight is 336 g/mol. The summed E-state index contributed by atoms with van der Waals surface area (Å²) in [5.41, 5.74) is 2.13. The van der Waals surface area contributed by atoms with Gasteiger partial charge in [0, 0.05) is 18.1 Å². The van der Waals surface area contributed by atoms with Crippen molar-refractivity contribution in [2.24, 2.45) is 0 Å². The topological polar surface area (TPSA) is 50.7 Å². The summed E-state index contributed by atoms with van der Waals surface area (Å²) in [6.07, 6.45) is 0. The second-order valence-electron chi connectivity index (χ2n) is 5.03. The van der Waals surface area contributed by atoms with Crippen molar-refractivity contribution in [2.45, 2.75) is 20.1 Å². The van der Waals surface area contributed by atoms with E-state index >= 15 is 0 Å². The van der Waals surface area contributed by atoms with Gasteiger partial charge >= 0.3 is 0 Å². The van der Waals surface area contributed by atoms with Gasteiger partial charge in [-0.05, 0) is 42.3 Å². The Morgan fingerprint density at radius 1 is 1.00 bits per heavy atom. The van der Waals surface area contributed by atoms with E-state index in [-0.39, 0.29) is 6.61 Å². The second kappa shape index (κ2) is 9.40. The van der Waals surface area contributed by atoms with E-state index in [2.05, 4.69) is 5.32 Å². The van der Waals surface area contributed by atoms with E-state index in [0.29, 0.717) is 37.1 Å². The minimum absolute atomic E-state index is 0.126. The Morgan fingerprint density at radius 3 is 2.43 bits per heavy atom. The summed E-state index contributed by atoms with van der Waals surface area (Å²) in [4.78, 5) is 0. The molecule has 0 aromatic heterocycles. The molecule has 4 nitrogen and oxygen atoms in total. The van der Waals surface area contributed by atoms with Crippen LogP contribution in [0.1, 0.15) is 18.1 Å². The maximum Gasteiger partial charge on any atom is 0.161 e. The van der Waals surface area contributed by atoms with E-state index in [1.165, 1.54) is 0 Å². The van der Waals surface area contributed by atoms with Gasteiger partial charge in [-0.1, -0.05) is 29.8 Å². The second-order valence-corrected chi connectivity index (χ2v) is 5.47. The Kier molecular flexibility index (Phi) is 7.20. The minimum atomic E-state index is 0.126. The molecule has 0 saturated heterocycles. The quantitative estimate of drug-likeness (QED) is 0.690. The van der Waals surface area contributed by atoms with E-state index in [1.54, 1.807) is 0 Å². The lowest BCUT2D eigenvalue weighted by atomic mass is 10.2. The fraction of sp³-hybridized carbons (Fsp3) is 0.333. The van der Waals surface area contributed by atoms with Gasteiger partial charge in [-0.3, -0.25) is 0 Å². The normalized spacial score (nSPS) is 10.6. The smallest absolute Gasteiger partial charge is 0.161 e. The first-order valence-electron chi connectivity index (χ1n) is 7.67. The molecule has 0 heterocycles. The summed E-state index contributed by atoms with van der Waals surface area (Å²) in [6, 6.07) is 13.4. The molecule has 0 spiro atoms. The summed E-state index contributed by atoms with van der Waals surface area (Å²) in [5, 5.41) is 12.7. The number of benzene rings is 2. The van der Waals surface area contributed by atoms with Crippen LogP contribution in [-0.2, 0) is 13.2 Å². The summed E-state index contributed by atoms with van der Waals surface area (Å²) >= 11 is 5.88. The molecule has 0 amide bonds. The Morgan fingerprint density at radius 2 is 1.74 bits per heavy atom. The number of aliphatic hydroxyl groups excluding tert-OH is 1. The van der Waals surface area contributed by atoms with Crippen LogP contribution in [0, 0.1) is 0 Å². The molecule has 0 radical (unpaired) electrons. The van der Waals surface area contributed by atoms with Crippen LogP contribution in [-0.4, -0.2) is 24.9 Å². The molecule has 0 unspecified atom stereocenters. The van der Waals surface area contributed by atoms with Gasteiger partial charge in [0.15, 0.2) is 11.5 Å². The first kappa shape index (κ1) is 17.6. The van der Waals surface area contributed by atoms with Crippen LogP contribution >= 0.6 is 11.6 Å². The number of rotatable bonds is 9. The number of hydrogen-bond donors (Lipinski definition) is 2. The van der Waals surface area contributed by atoms with Gasteiger partial charge in [0.05, 0.1) is 13.2 Å². The van der Waals surface area contributed by atoms with Crippen molar-refractivity contribution in [3.05, 3.63) is 58.6 Å². The summed E-state index contributed by atoms with van der Waals surface area (Å²) in [5.74, 6) is 1.44. The third-order valence-electron chi connectivity index (χ3n) is 3.23. The van der Waals surface area contributed by atoms with Crippen LogP contribution < -0.4 is 14.8 Å². The van der Waals surface area contributed by atoms with E-state index in [1.807, 2.05) is 49.4 Å². The van der Waals surface area contributed by atoms with Gasteiger partial charge in [-0.25, -0.2) is 0 Å². The van der Waals surface area contributed by atoms with Crippen molar-refractivity contribution in [2.75, 3.05) is 19.8 Å². The molecular formula is C18H22ClNO3. The van der Waals surface area contributed by atoms with Crippen molar-refractivity contribution in [3.8, 4) is 11.5 Å². The Bertz CT molecular complexity index is 602. The van der Waals surface area contributed by atoms with E-state index in [9.17, 15) is 0 Å². The molecule has 0 atom stereocenters. The fourth-order valence-corrected chi connectivity index (χ4v) is 2.23. The molecule has 2 aromatic carbocycles. The maximum absolute atomic E-state index is 8.81. The third kappa shape index (κ3) is 5.75. The van der Waals surface area contributed by atoms with Crippen molar-refractivity contribution in [1.82, 2.24) is 5.32 Å². The number of halogens is 1. The van der Waals surface area contributed by atoms with Gasteiger partial charge in [0.1, 0.15) is 6.61 Å². The monoisotopic (exact) mass is 335 g/mol. The number of aliphatic hydroxyl groups is 1. The standard InChI is InChI=1S/C18H22ClNO3/c1-2-22-18-11-15(12-20-9-10-21)5-8-17(18)23-13-14-3-6-16(19)7-4-14/h3-8,11,20-21H,2,9-10,12-13H2,1H3. The molecular weight excluding hydrogens is 314 g/mol. The van der Waals surface area contributed by atoms with Crippen LogP contribution in [0.2, 0.25) is 5.02 Å². The molecule has 2 N–H and O–H groups in total. The van der Waals surface area contributed by atoms with Gasteiger partial charge in [0.2, 0.25) is 0 Å². The first-order valence-corrected chi connectivity index (χ1v) is 8.05. The van der Waals surface area contributed by atoms with Gasteiger partial charge in [-0.15, -0.1) is 0 Å². The largest absolute Gasteiger partial charge is 0.490 e. The van der Waals surface area contributed by atoms with Gasteiger partial charge < -0.3 is 19.9 Å². The zero-order chi connectivity index (χ0) is 16.5. The highest BCUT2D eigenvalue weighted by atomic mass is 35.5.